The molecule has 0 amide bonds. The lowest BCUT2D eigenvalue weighted by Gasteiger charge is -2.29. The molecule has 1 unspecified atom stereocenters. The third-order valence-electron chi connectivity index (χ3n) is 4.61. The van der Waals surface area contributed by atoms with Crippen LogP contribution in [-0.2, 0) is 24.6 Å². The predicted octanol–water partition coefficient (Wildman–Crippen LogP) is 4.60. The predicted molar refractivity (Wildman–Crippen MR) is 97.8 cm³/mol. The summed E-state index contributed by atoms with van der Waals surface area (Å²) in [4.78, 5) is 11.8. The van der Waals surface area contributed by atoms with Crippen molar-refractivity contribution in [3.63, 3.8) is 0 Å². The van der Waals surface area contributed by atoms with Gasteiger partial charge in [0.25, 0.3) is 0 Å². The number of carbonyl (C=O) groups is 1. The van der Waals surface area contributed by atoms with E-state index in [-0.39, 0.29) is 25.6 Å². The molecule has 7 heteroatoms. The lowest BCUT2D eigenvalue weighted by molar-refractivity contribution is -0.129. The zero-order valence-electron chi connectivity index (χ0n) is 14.5. The normalized spacial score (nSPS) is 18.4. The highest BCUT2D eigenvalue weighted by Gasteiger charge is 2.48. The fraction of sp³-hybridized carbons (Fsp3) is 0.588. The number of ketones is 1. The number of benzene rings is 1. The summed E-state index contributed by atoms with van der Waals surface area (Å²) in [7, 11) is -0.496. The number of halogens is 1. The lowest BCUT2D eigenvalue weighted by atomic mass is 9.78. The fourth-order valence-electron chi connectivity index (χ4n) is 2.99. The van der Waals surface area contributed by atoms with Gasteiger partial charge in [-0.2, -0.15) is 13.5 Å². The van der Waals surface area contributed by atoms with E-state index < -0.39 is 25.0 Å². The van der Waals surface area contributed by atoms with Gasteiger partial charge >= 0.3 is 7.60 Å². The topological polar surface area (TPSA) is 52.6 Å². The molecular weight excluding hydrogens is 350 g/mol. The van der Waals surface area contributed by atoms with Crippen LogP contribution in [0, 0.1) is 5.92 Å². The average molecular weight is 376 g/mol. The van der Waals surface area contributed by atoms with E-state index in [9.17, 15) is 9.36 Å². The maximum atomic E-state index is 15.0. The van der Waals surface area contributed by atoms with E-state index in [1.807, 2.05) is 18.2 Å². The molecule has 4 nitrogen and oxygen atoms in total. The average Bonchev–Trinajstić information content (AvgIpc) is 3.32. The zero-order valence-corrected chi connectivity index (χ0v) is 16.4. The molecular formula is C17H26FO4PS. The first-order chi connectivity index (χ1) is 10.7. The number of rotatable bonds is 8. The zero-order chi connectivity index (χ0) is 17.3. The smallest absolute Gasteiger partial charge is 0.312 e. The molecule has 2 rings (SSSR count). The molecule has 0 radical (unpaired) electrons. The van der Waals surface area contributed by atoms with Crippen molar-refractivity contribution < 1.29 is 22.8 Å². The molecule has 1 aromatic rings. The van der Waals surface area contributed by atoms with Crippen molar-refractivity contribution in [3.05, 3.63) is 35.4 Å². The Morgan fingerprint density at radius 2 is 1.96 bits per heavy atom. The Bertz CT molecular complexity index is 623. The van der Waals surface area contributed by atoms with E-state index in [0.29, 0.717) is 0 Å². The monoisotopic (exact) mass is 376 g/mol. The summed E-state index contributed by atoms with van der Waals surface area (Å²) in [5.74, 6) is -0.746. The number of Topliss-reactive ketones (excluding diaryl/α,β-unsaturated/α-hetero) is 1. The first kappa shape index (κ1) is 21.4. The minimum atomic E-state index is -3.18. The summed E-state index contributed by atoms with van der Waals surface area (Å²) >= 11 is 0. The van der Waals surface area contributed by atoms with Crippen LogP contribution in [0.15, 0.2) is 24.3 Å². The van der Waals surface area contributed by atoms with Gasteiger partial charge < -0.3 is 9.05 Å². The highest BCUT2D eigenvalue weighted by Crippen LogP contribution is 2.52. The molecule has 1 saturated carbocycles. The van der Waals surface area contributed by atoms with Crippen molar-refractivity contribution in [1.82, 2.24) is 0 Å². The van der Waals surface area contributed by atoms with E-state index in [1.54, 1.807) is 6.07 Å². The van der Waals surface area contributed by atoms with Crippen molar-refractivity contribution in [3.8, 4) is 0 Å². The molecule has 0 aliphatic heterocycles. The van der Waals surface area contributed by atoms with Crippen LogP contribution >= 0.6 is 21.1 Å². The second-order valence-corrected chi connectivity index (χ2v) is 8.59. The van der Waals surface area contributed by atoms with Gasteiger partial charge in [0.1, 0.15) is 0 Å². The second-order valence-electron chi connectivity index (χ2n) is 6.33. The summed E-state index contributed by atoms with van der Waals surface area (Å²) in [5.41, 5.74) is -0.380. The summed E-state index contributed by atoms with van der Waals surface area (Å²) in [6.07, 6.45) is 1.97. The van der Waals surface area contributed by atoms with Gasteiger partial charge in [0, 0.05) is 20.1 Å². The Kier molecular flexibility index (Phi) is 7.24. The van der Waals surface area contributed by atoms with Gasteiger partial charge in [0.05, 0.1) is 6.16 Å². The van der Waals surface area contributed by atoms with Crippen molar-refractivity contribution in [2.75, 3.05) is 14.2 Å². The number of hydrogen-bond donors (Lipinski definition) is 0. The Morgan fingerprint density at radius 3 is 2.42 bits per heavy atom. The van der Waals surface area contributed by atoms with Crippen molar-refractivity contribution in [2.24, 2.45) is 5.92 Å². The van der Waals surface area contributed by atoms with Crippen molar-refractivity contribution >= 4 is 26.9 Å². The Morgan fingerprint density at radius 1 is 1.38 bits per heavy atom. The lowest BCUT2D eigenvalue weighted by Crippen LogP contribution is -2.36. The van der Waals surface area contributed by atoms with Crippen LogP contribution in [0.25, 0.3) is 0 Å². The van der Waals surface area contributed by atoms with Crippen LogP contribution in [0.3, 0.4) is 0 Å². The van der Waals surface area contributed by atoms with E-state index in [2.05, 4.69) is 0 Å². The SMILES string of the molecule is COP(=O)(Cc1cccc([C@H](C2CC2)C(C)(F)C(C)=O)c1)OC.S. The van der Waals surface area contributed by atoms with Crippen LogP contribution in [0.1, 0.15) is 43.7 Å². The van der Waals surface area contributed by atoms with Gasteiger partial charge in [0.2, 0.25) is 0 Å². The molecule has 136 valence electrons. The minimum Gasteiger partial charge on any atom is -0.312 e. The third kappa shape index (κ3) is 4.69. The van der Waals surface area contributed by atoms with Crippen molar-refractivity contribution in [2.45, 2.75) is 44.4 Å². The highest BCUT2D eigenvalue weighted by molar-refractivity contribution is 7.59. The molecule has 0 heterocycles. The summed E-state index contributed by atoms with van der Waals surface area (Å²) < 4.78 is 37.2. The quantitative estimate of drug-likeness (QED) is 0.623. The highest BCUT2D eigenvalue weighted by atomic mass is 32.1. The maximum Gasteiger partial charge on any atom is 0.334 e. The van der Waals surface area contributed by atoms with Gasteiger partial charge in [-0.15, -0.1) is 0 Å². The molecule has 0 saturated heterocycles. The summed E-state index contributed by atoms with van der Waals surface area (Å²) in [6.45, 7) is 2.66. The van der Waals surface area contributed by atoms with E-state index >= 15 is 4.39 Å². The minimum absolute atomic E-state index is 0. The molecule has 1 aliphatic rings. The number of hydrogen-bond acceptors (Lipinski definition) is 4. The molecule has 0 aromatic heterocycles. The van der Waals surface area contributed by atoms with E-state index in [4.69, 9.17) is 9.05 Å². The van der Waals surface area contributed by atoms with Gasteiger partial charge in [-0.3, -0.25) is 9.36 Å². The molecule has 0 N–H and O–H groups in total. The fourth-order valence-corrected chi connectivity index (χ4v) is 4.04. The Balaban J connectivity index is 0.00000288. The van der Waals surface area contributed by atoms with Crippen LogP contribution in [-0.4, -0.2) is 25.7 Å². The van der Waals surface area contributed by atoms with Crippen LogP contribution in [0.4, 0.5) is 4.39 Å². The van der Waals surface area contributed by atoms with Crippen molar-refractivity contribution in [1.29, 1.82) is 0 Å². The van der Waals surface area contributed by atoms with Gasteiger partial charge in [-0.25, -0.2) is 4.39 Å². The van der Waals surface area contributed by atoms with Crippen LogP contribution in [0.2, 0.25) is 0 Å². The molecule has 1 aromatic carbocycles. The molecule has 24 heavy (non-hydrogen) atoms. The first-order valence-electron chi connectivity index (χ1n) is 7.73. The van der Waals surface area contributed by atoms with Crippen LogP contribution in [0.5, 0.6) is 0 Å². The molecule has 1 aliphatic carbocycles. The van der Waals surface area contributed by atoms with Gasteiger partial charge in [-0.1, -0.05) is 24.3 Å². The third-order valence-corrected chi connectivity index (χ3v) is 6.47. The molecule has 0 spiro atoms. The summed E-state index contributed by atoms with van der Waals surface area (Å²) in [5, 5.41) is 0. The Hall–Kier alpha value is -0.680. The molecule has 1 fully saturated rings. The molecule has 2 atom stereocenters. The van der Waals surface area contributed by atoms with Crippen LogP contribution < -0.4 is 0 Å². The molecule has 0 bridgehead atoms. The first-order valence-corrected chi connectivity index (χ1v) is 9.45. The summed E-state index contributed by atoms with van der Waals surface area (Å²) in [6, 6.07) is 7.25. The van der Waals surface area contributed by atoms with Gasteiger partial charge in [0.15, 0.2) is 11.5 Å². The van der Waals surface area contributed by atoms with E-state index in [1.165, 1.54) is 28.1 Å². The van der Waals surface area contributed by atoms with Gasteiger partial charge in [-0.05, 0) is 43.7 Å². The number of alkyl halides is 1. The largest absolute Gasteiger partial charge is 0.334 e. The Labute approximate surface area is 150 Å². The van der Waals surface area contributed by atoms with E-state index in [0.717, 1.165) is 24.0 Å². The number of carbonyl (C=O) groups excluding carboxylic acids is 1. The maximum absolute atomic E-state index is 15.0. The standard InChI is InChI=1S/C17H24FO4P.H2S/c1-12(19)17(2,18)16(14-8-9-14)15-7-5-6-13(10-15)11-23(20,21-3)22-4;/h5-7,10,14,16H,8-9,11H2,1-4H3;1H2/t16-,17?;/m0./s1. The second kappa shape index (κ2) is 8.13.